The van der Waals surface area contributed by atoms with Crippen molar-refractivity contribution in [3.8, 4) is 0 Å². The minimum atomic E-state index is -0.388. The molecule has 2 aromatic rings. The van der Waals surface area contributed by atoms with Crippen LogP contribution in [0.1, 0.15) is 23.2 Å². The lowest BCUT2D eigenvalue weighted by molar-refractivity contribution is 0.0937. The van der Waals surface area contributed by atoms with E-state index in [4.69, 9.17) is 0 Å². The van der Waals surface area contributed by atoms with Gasteiger partial charge in [-0.2, -0.15) is 0 Å². The van der Waals surface area contributed by atoms with Crippen LogP contribution in [0.3, 0.4) is 0 Å². The SMILES string of the molecule is CC(CN1c2nc[nH]c2C(=O)NC1S)NCc1ncc[nH]1. The maximum atomic E-state index is 11.8. The number of amides is 1. The zero-order valence-corrected chi connectivity index (χ0v) is 12.4. The molecular weight excluding hydrogens is 290 g/mol. The predicted octanol–water partition coefficient (Wildman–Crippen LogP) is 0.0743. The highest BCUT2D eigenvalue weighted by Crippen LogP contribution is 2.23. The standard InChI is InChI=1S/C12H17N7OS/c1-7(15-4-8-13-2-3-14-8)5-19-10-9(16-6-17-10)11(20)18-12(19)21/h2-3,6-7,12,15,21H,4-5H2,1H3,(H,13,14)(H,16,17)(H,18,20). The van der Waals surface area contributed by atoms with Crippen molar-refractivity contribution in [2.75, 3.05) is 11.4 Å². The molecule has 0 saturated heterocycles. The average molecular weight is 307 g/mol. The first kappa shape index (κ1) is 14.0. The number of nitrogens with zero attached hydrogens (tertiary/aromatic N) is 3. The third-order valence-electron chi connectivity index (χ3n) is 3.32. The Morgan fingerprint density at radius 1 is 1.48 bits per heavy atom. The quantitative estimate of drug-likeness (QED) is 0.503. The van der Waals surface area contributed by atoms with Gasteiger partial charge in [-0.15, -0.1) is 12.6 Å². The number of nitrogens with one attached hydrogen (secondary N) is 4. The van der Waals surface area contributed by atoms with Gasteiger partial charge in [0.2, 0.25) is 0 Å². The van der Waals surface area contributed by atoms with E-state index in [0.717, 1.165) is 5.82 Å². The van der Waals surface area contributed by atoms with Gasteiger partial charge >= 0.3 is 0 Å². The van der Waals surface area contributed by atoms with Crippen molar-refractivity contribution >= 4 is 24.4 Å². The topological polar surface area (TPSA) is 102 Å². The Bertz CT molecular complexity index is 611. The van der Waals surface area contributed by atoms with Crippen LogP contribution in [0, 0.1) is 0 Å². The second kappa shape index (κ2) is 5.78. The third-order valence-corrected chi connectivity index (χ3v) is 3.73. The van der Waals surface area contributed by atoms with Crippen LogP contribution in [-0.4, -0.2) is 43.9 Å². The molecule has 3 heterocycles. The maximum absolute atomic E-state index is 11.8. The Balaban J connectivity index is 1.64. The molecule has 3 rings (SSSR count). The second-order valence-corrected chi connectivity index (χ2v) is 5.41. The number of imidazole rings is 2. The minimum absolute atomic E-state index is 0.171. The zero-order chi connectivity index (χ0) is 14.8. The van der Waals surface area contributed by atoms with E-state index >= 15 is 0 Å². The molecule has 8 nitrogen and oxygen atoms in total. The van der Waals surface area contributed by atoms with Crippen LogP contribution in [-0.2, 0) is 6.54 Å². The number of rotatable bonds is 5. The lowest BCUT2D eigenvalue weighted by Gasteiger charge is -2.35. The fourth-order valence-corrected chi connectivity index (χ4v) is 2.59. The number of carbonyl (C=O) groups excluding carboxylic acids is 1. The summed E-state index contributed by atoms with van der Waals surface area (Å²) >= 11 is 4.41. The summed E-state index contributed by atoms with van der Waals surface area (Å²) in [6.45, 7) is 3.37. The van der Waals surface area contributed by atoms with Crippen molar-refractivity contribution in [2.45, 2.75) is 25.0 Å². The van der Waals surface area contributed by atoms with Gasteiger partial charge in [0, 0.05) is 25.0 Å². The molecule has 21 heavy (non-hydrogen) atoms. The van der Waals surface area contributed by atoms with E-state index in [1.807, 2.05) is 4.90 Å². The van der Waals surface area contributed by atoms with Crippen molar-refractivity contribution in [3.63, 3.8) is 0 Å². The number of anilines is 1. The molecule has 0 aromatic carbocycles. The molecule has 2 atom stereocenters. The van der Waals surface area contributed by atoms with Crippen LogP contribution in [0.2, 0.25) is 0 Å². The van der Waals surface area contributed by atoms with E-state index in [0.29, 0.717) is 24.6 Å². The van der Waals surface area contributed by atoms with Gasteiger partial charge in [-0.3, -0.25) is 4.79 Å². The van der Waals surface area contributed by atoms with Gasteiger partial charge < -0.3 is 25.5 Å². The van der Waals surface area contributed by atoms with E-state index in [2.05, 4.69) is 50.1 Å². The molecule has 0 spiro atoms. The Labute approximate surface area is 127 Å². The number of thiol groups is 1. The van der Waals surface area contributed by atoms with Gasteiger partial charge in [0.1, 0.15) is 17.0 Å². The number of fused-ring (bicyclic) bond motifs is 1. The van der Waals surface area contributed by atoms with Crippen LogP contribution in [0.5, 0.6) is 0 Å². The van der Waals surface area contributed by atoms with Crippen LogP contribution >= 0.6 is 12.6 Å². The number of hydrogen-bond acceptors (Lipinski definition) is 6. The fourth-order valence-electron chi connectivity index (χ4n) is 2.27. The molecular formula is C12H17N7OS. The highest BCUT2D eigenvalue weighted by molar-refractivity contribution is 7.81. The molecule has 1 aliphatic rings. The van der Waals surface area contributed by atoms with E-state index in [-0.39, 0.29) is 17.4 Å². The first-order valence-electron chi connectivity index (χ1n) is 6.65. The molecule has 0 aliphatic carbocycles. The van der Waals surface area contributed by atoms with Crippen LogP contribution < -0.4 is 15.5 Å². The lowest BCUT2D eigenvalue weighted by atomic mass is 10.2. The fraction of sp³-hybridized carbons (Fsp3) is 0.417. The van der Waals surface area contributed by atoms with Gasteiger partial charge in [0.15, 0.2) is 5.82 Å². The maximum Gasteiger partial charge on any atom is 0.273 e. The molecule has 0 saturated carbocycles. The summed E-state index contributed by atoms with van der Waals surface area (Å²) in [7, 11) is 0. The van der Waals surface area contributed by atoms with Crippen LogP contribution in [0.25, 0.3) is 0 Å². The van der Waals surface area contributed by atoms with Crippen molar-refractivity contribution < 1.29 is 4.79 Å². The average Bonchev–Trinajstić information content (AvgIpc) is 3.12. The Morgan fingerprint density at radius 2 is 2.33 bits per heavy atom. The normalized spacial score (nSPS) is 19.2. The summed E-state index contributed by atoms with van der Waals surface area (Å²) < 4.78 is 0. The zero-order valence-electron chi connectivity index (χ0n) is 11.5. The van der Waals surface area contributed by atoms with Crippen LogP contribution in [0.15, 0.2) is 18.7 Å². The third kappa shape index (κ3) is 2.88. The number of hydrogen-bond donors (Lipinski definition) is 5. The molecule has 9 heteroatoms. The predicted molar refractivity (Wildman–Crippen MR) is 81.1 cm³/mol. The first-order valence-corrected chi connectivity index (χ1v) is 7.17. The van der Waals surface area contributed by atoms with Crippen LogP contribution in [0.4, 0.5) is 5.82 Å². The Morgan fingerprint density at radius 3 is 3.10 bits per heavy atom. The van der Waals surface area contributed by atoms with Gasteiger partial charge in [-0.25, -0.2) is 9.97 Å². The largest absolute Gasteiger partial charge is 0.348 e. The molecule has 112 valence electrons. The van der Waals surface area contributed by atoms with Gasteiger partial charge in [-0.05, 0) is 6.92 Å². The number of carbonyl (C=O) groups is 1. The van der Waals surface area contributed by atoms with Crippen molar-refractivity contribution in [1.82, 2.24) is 30.6 Å². The Hall–Kier alpha value is -2.00. The van der Waals surface area contributed by atoms with E-state index < -0.39 is 0 Å². The first-order chi connectivity index (χ1) is 10.1. The molecule has 0 bridgehead atoms. The summed E-state index contributed by atoms with van der Waals surface area (Å²) in [5, 5.41) is 6.15. The second-order valence-electron chi connectivity index (χ2n) is 4.92. The molecule has 0 radical (unpaired) electrons. The van der Waals surface area contributed by atoms with Gasteiger partial charge in [0.05, 0.1) is 12.9 Å². The summed E-state index contributed by atoms with van der Waals surface area (Å²) in [4.78, 5) is 28.0. The number of H-pyrrole nitrogens is 2. The lowest BCUT2D eigenvalue weighted by Crippen LogP contribution is -2.53. The van der Waals surface area contributed by atoms with Crippen molar-refractivity contribution in [1.29, 1.82) is 0 Å². The summed E-state index contributed by atoms with van der Waals surface area (Å²) in [5.74, 6) is 1.33. The summed E-state index contributed by atoms with van der Waals surface area (Å²) in [5.41, 5.74) is 0.0831. The van der Waals surface area contributed by atoms with Crippen molar-refractivity contribution in [3.05, 3.63) is 30.2 Å². The van der Waals surface area contributed by atoms with Gasteiger partial charge in [0.25, 0.3) is 5.91 Å². The molecule has 0 fully saturated rings. The van der Waals surface area contributed by atoms with Gasteiger partial charge in [-0.1, -0.05) is 0 Å². The highest BCUT2D eigenvalue weighted by Gasteiger charge is 2.31. The van der Waals surface area contributed by atoms with E-state index in [9.17, 15) is 4.79 Å². The van der Waals surface area contributed by atoms with Crippen molar-refractivity contribution in [2.24, 2.45) is 0 Å². The number of aromatic amines is 2. The summed E-state index contributed by atoms with van der Waals surface area (Å²) in [6, 6.07) is 0.171. The molecule has 2 unspecified atom stereocenters. The molecule has 4 N–H and O–H groups in total. The minimum Gasteiger partial charge on any atom is -0.348 e. The van der Waals surface area contributed by atoms with E-state index in [1.54, 1.807) is 12.4 Å². The molecule has 1 aliphatic heterocycles. The Kier molecular flexibility index (Phi) is 3.84. The number of aromatic nitrogens is 4. The van der Waals surface area contributed by atoms with E-state index in [1.165, 1.54) is 6.33 Å². The highest BCUT2D eigenvalue weighted by atomic mass is 32.1. The smallest absolute Gasteiger partial charge is 0.273 e. The monoisotopic (exact) mass is 307 g/mol. The molecule has 2 aromatic heterocycles. The molecule has 1 amide bonds. The summed E-state index contributed by atoms with van der Waals surface area (Å²) in [6.07, 6.45) is 5.03.